The Morgan fingerprint density at radius 2 is 1.95 bits per heavy atom. The summed E-state index contributed by atoms with van der Waals surface area (Å²) in [6, 6.07) is 8.15. The molecule has 3 aromatic rings. The average molecular weight is 317 g/mol. The predicted octanol–water partition coefficient (Wildman–Crippen LogP) is 4.29. The molecule has 21 heavy (non-hydrogen) atoms. The Bertz CT molecular complexity index is 747. The van der Waals surface area contributed by atoms with E-state index in [1.54, 1.807) is 18.0 Å². The Balaban J connectivity index is 1.70. The maximum atomic E-state index is 5.70. The second-order valence-corrected chi connectivity index (χ2v) is 7.00. The third-order valence-electron chi connectivity index (χ3n) is 2.97. The molecule has 2 heterocycles. The number of aromatic nitrogens is 2. The first kappa shape index (κ1) is 14.2. The monoisotopic (exact) mass is 317 g/mol. The van der Waals surface area contributed by atoms with Crippen LogP contribution >= 0.6 is 23.1 Å². The van der Waals surface area contributed by atoms with Gasteiger partial charge in [0.25, 0.3) is 0 Å². The van der Waals surface area contributed by atoms with E-state index in [1.807, 2.05) is 19.1 Å². The summed E-state index contributed by atoms with van der Waals surface area (Å²) in [7, 11) is 0. The zero-order chi connectivity index (χ0) is 14.8. The van der Waals surface area contributed by atoms with Gasteiger partial charge in [0.1, 0.15) is 6.26 Å². The van der Waals surface area contributed by atoms with Crippen LogP contribution in [0.3, 0.4) is 0 Å². The molecule has 2 N–H and O–H groups in total. The number of oxazole rings is 1. The van der Waals surface area contributed by atoms with Crippen molar-refractivity contribution in [3.05, 3.63) is 47.5 Å². The highest BCUT2D eigenvalue weighted by molar-refractivity contribution is 8.00. The third-order valence-corrected chi connectivity index (χ3v) is 5.35. The Morgan fingerprint density at radius 3 is 2.62 bits per heavy atom. The lowest BCUT2D eigenvalue weighted by Crippen LogP contribution is -1.83. The molecule has 1 aromatic carbocycles. The number of benzene rings is 1. The maximum absolute atomic E-state index is 5.70. The van der Waals surface area contributed by atoms with E-state index in [0.717, 1.165) is 26.9 Å². The molecule has 3 rings (SSSR count). The molecule has 4 nitrogen and oxygen atoms in total. The molecule has 0 saturated carbocycles. The molecule has 0 unspecified atom stereocenters. The van der Waals surface area contributed by atoms with Gasteiger partial charge in [-0.3, -0.25) is 0 Å². The number of hydrogen-bond donors (Lipinski definition) is 1. The molecule has 0 aliphatic rings. The summed E-state index contributed by atoms with van der Waals surface area (Å²) in [6.07, 6.45) is 1.71. The van der Waals surface area contributed by atoms with Gasteiger partial charge in [0, 0.05) is 11.3 Å². The average Bonchev–Trinajstić information content (AvgIpc) is 3.04. The van der Waals surface area contributed by atoms with Crippen molar-refractivity contribution < 1.29 is 4.42 Å². The molecule has 2 aromatic heterocycles. The van der Waals surface area contributed by atoms with Crippen LogP contribution in [-0.2, 0) is 5.75 Å². The first-order chi connectivity index (χ1) is 10.1. The molecule has 0 saturated heterocycles. The van der Waals surface area contributed by atoms with E-state index < -0.39 is 0 Å². The number of aryl methyl sites for hydroxylation is 2. The van der Waals surface area contributed by atoms with Gasteiger partial charge in [0.15, 0.2) is 5.13 Å². The lowest BCUT2D eigenvalue weighted by Gasteiger charge is -1.96. The van der Waals surface area contributed by atoms with E-state index in [9.17, 15) is 0 Å². The van der Waals surface area contributed by atoms with Crippen molar-refractivity contribution in [3.63, 3.8) is 0 Å². The van der Waals surface area contributed by atoms with E-state index in [2.05, 4.69) is 29.0 Å². The van der Waals surface area contributed by atoms with Crippen LogP contribution in [0.15, 0.2) is 39.2 Å². The number of nitrogens with zero attached hydrogens (tertiary/aromatic N) is 2. The first-order valence-corrected chi connectivity index (χ1v) is 8.29. The molecule has 0 aliphatic heterocycles. The maximum Gasteiger partial charge on any atom is 0.226 e. The fourth-order valence-electron chi connectivity index (χ4n) is 1.88. The van der Waals surface area contributed by atoms with E-state index in [0.29, 0.717) is 11.0 Å². The highest BCUT2D eigenvalue weighted by Crippen LogP contribution is 2.33. The van der Waals surface area contributed by atoms with Crippen LogP contribution in [0.25, 0.3) is 11.5 Å². The lowest BCUT2D eigenvalue weighted by molar-refractivity contribution is 0.573. The highest BCUT2D eigenvalue weighted by atomic mass is 32.2. The van der Waals surface area contributed by atoms with E-state index >= 15 is 0 Å². The second-order valence-electron chi connectivity index (χ2n) is 4.72. The summed E-state index contributed by atoms with van der Waals surface area (Å²) in [5.74, 6) is 1.41. The smallest absolute Gasteiger partial charge is 0.226 e. The Morgan fingerprint density at radius 1 is 1.19 bits per heavy atom. The third kappa shape index (κ3) is 3.28. The van der Waals surface area contributed by atoms with E-state index in [4.69, 9.17) is 10.2 Å². The number of thiazole rings is 1. The van der Waals surface area contributed by atoms with Gasteiger partial charge >= 0.3 is 0 Å². The SMILES string of the molecule is Cc1ccc(-c2nc(CSc3sc(N)nc3C)co2)cc1. The number of thioether (sulfide) groups is 1. The lowest BCUT2D eigenvalue weighted by atomic mass is 10.1. The van der Waals surface area contributed by atoms with Crippen LogP contribution in [0.2, 0.25) is 0 Å². The van der Waals surface area contributed by atoms with Crippen LogP contribution in [0.4, 0.5) is 5.13 Å². The Hall–Kier alpha value is -1.79. The van der Waals surface area contributed by atoms with Crippen LogP contribution < -0.4 is 5.73 Å². The molecule has 108 valence electrons. The molecule has 6 heteroatoms. The number of hydrogen-bond acceptors (Lipinski definition) is 6. The molecule has 0 amide bonds. The van der Waals surface area contributed by atoms with E-state index in [1.165, 1.54) is 16.9 Å². The number of nitrogens with two attached hydrogens (primary N) is 1. The fraction of sp³-hybridized carbons (Fsp3) is 0.200. The van der Waals surface area contributed by atoms with Gasteiger partial charge in [-0.25, -0.2) is 9.97 Å². The largest absolute Gasteiger partial charge is 0.444 e. The molecular formula is C15H15N3OS2. The van der Waals surface area contributed by atoms with E-state index in [-0.39, 0.29) is 0 Å². The predicted molar refractivity (Wildman–Crippen MR) is 87.5 cm³/mol. The van der Waals surface area contributed by atoms with Gasteiger partial charge in [-0.1, -0.05) is 29.0 Å². The topological polar surface area (TPSA) is 64.9 Å². The summed E-state index contributed by atoms with van der Waals surface area (Å²) >= 11 is 3.20. The standard InChI is InChI=1S/C15H15N3OS2/c1-9-3-5-11(6-4-9)13-18-12(7-19-13)8-20-14-10(2)17-15(16)21-14/h3-7H,8H2,1-2H3,(H2,16,17). The van der Waals surface area contributed by atoms with Crippen molar-refractivity contribution >= 4 is 28.2 Å². The quantitative estimate of drug-likeness (QED) is 0.727. The minimum atomic E-state index is 0.607. The number of anilines is 1. The summed E-state index contributed by atoms with van der Waals surface area (Å²) in [4.78, 5) is 8.74. The second kappa shape index (κ2) is 5.91. The normalized spacial score (nSPS) is 11.0. The summed E-state index contributed by atoms with van der Waals surface area (Å²) < 4.78 is 6.68. The van der Waals surface area contributed by atoms with Gasteiger partial charge < -0.3 is 10.2 Å². The van der Waals surface area contributed by atoms with Gasteiger partial charge in [-0.2, -0.15) is 0 Å². The zero-order valence-corrected chi connectivity index (χ0v) is 13.4. The minimum Gasteiger partial charge on any atom is -0.444 e. The van der Waals surface area contributed by atoms with Gasteiger partial charge in [-0.05, 0) is 26.0 Å². The van der Waals surface area contributed by atoms with Crippen molar-refractivity contribution in [1.82, 2.24) is 9.97 Å². The molecular weight excluding hydrogens is 302 g/mol. The molecule has 0 atom stereocenters. The highest BCUT2D eigenvalue weighted by Gasteiger charge is 2.10. The number of nitrogen functional groups attached to an aromatic ring is 1. The Labute approximate surface area is 131 Å². The summed E-state index contributed by atoms with van der Waals surface area (Å²) in [5, 5.41) is 0.607. The van der Waals surface area contributed by atoms with Crippen molar-refractivity contribution in [1.29, 1.82) is 0 Å². The van der Waals surface area contributed by atoms with Crippen LogP contribution in [0, 0.1) is 13.8 Å². The summed E-state index contributed by atoms with van der Waals surface area (Å²) in [5.41, 5.74) is 9.81. The van der Waals surface area contributed by atoms with Crippen LogP contribution in [-0.4, -0.2) is 9.97 Å². The van der Waals surface area contributed by atoms with Crippen molar-refractivity contribution in [2.45, 2.75) is 23.8 Å². The molecule has 0 radical (unpaired) electrons. The van der Waals surface area contributed by atoms with Crippen LogP contribution in [0.1, 0.15) is 17.0 Å². The summed E-state index contributed by atoms with van der Waals surface area (Å²) in [6.45, 7) is 4.03. The zero-order valence-electron chi connectivity index (χ0n) is 11.8. The minimum absolute atomic E-state index is 0.607. The molecule has 0 bridgehead atoms. The molecule has 0 spiro atoms. The molecule has 0 fully saturated rings. The van der Waals surface area contributed by atoms with Gasteiger partial charge in [-0.15, -0.1) is 11.8 Å². The van der Waals surface area contributed by atoms with Gasteiger partial charge in [0.2, 0.25) is 5.89 Å². The van der Waals surface area contributed by atoms with Crippen molar-refractivity contribution in [2.24, 2.45) is 0 Å². The first-order valence-electron chi connectivity index (χ1n) is 6.49. The van der Waals surface area contributed by atoms with Crippen molar-refractivity contribution in [2.75, 3.05) is 5.73 Å². The number of rotatable bonds is 4. The molecule has 0 aliphatic carbocycles. The van der Waals surface area contributed by atoms with Crippen molar-refractivity contribution in [3.8, 4) is 11.5 Å². The Kier molecular flexibility index (Phi) is 3.98. The van der Waals surface area contributed by atoms with Gasteiger partial charge in [0.05, 0.1) is 15.6 Å². The van der Waals surface area contributed by atoms with Crippen LogP contribution in [0.5, 0.6) is 0 Å². The fourth-order valence-corrected chi connectivity index (χ4v) is 3.78.